The molecular weight excluding hydrogens is 135 g/mol. The van der Waals surface area contributed by atoms with Crippen molar-refractivity contribution in [2.45, 2.75) is 0 Å². The van der Waals surface area contributed by atoms with Crippen LogP contribution in [0.4, 0.5) is 14.4 Å². The molecule has 0 aliphatic carbocycles. The van der Waals surface area contributed by atoms with E-state index in [9.17, 15) is 14.4 Å². The van der Waals surface area contributed by atoms with Crippen LogP contribution in [0.1, 0.15) is 0 Å². The van der Waals surface area contributed by atoms with Crippen molar-refractivity contribution in [1.29, 1.82) is 0 Å². The molecule has 0 unspecified atom stereocenters. The standard InChI is InChI=1S/4FH.Ni/h4*1H;/q;;;;+2/p-4. The summed E-state index contributed by atoms with van der Waals surface area (Å²) in [6.45, 7) is 0. The van der Waals surface area contributed by atoms with Crippen molar-refractivity contribution in [2.75, 3.05) is 0 Å². The average molecular weight is 135 g/mol. The molecule has 0 saturated heterocycles. The first kappa shape index (κ1) is 5.21. The van der Waals surface area contributed by atoms with E-state index in [0.29, 0.717) is 0 Å². The summed E-state index contributed by atoms with van der Waals surface area (Å²) < 4.78 is 39.1. The van der Waals surface area contributed by atoms with E-state index in [1.54, 1.807) is 0 Å². The quantitative estimate of drug-likeness (QED) is 0.350. The van der Waals surface area contributed by atoms with E-state index in [0.717, 1.165) is 0 Å². The minimum absolute atomic E-state index is 6.25. The zero-order valence-electron chi connectivity index (χ0n) is 1.83. The Labute approximate surface area is 29.6 Å². The Morgan fingerprint density at radius 3 is 0.800 bits per heavy atom. The van der Waals surface area contributed by atoms with E-state index < -0.39 is 14.2 Å². The third-order valence-corrected chi connectivity index (χ3v) is 0. The molecule has 0 bridgehead atoms. The van der Waals surface area contributed by atoms with Crippen molar-refractivity contribution in [1.82, 2.24) is 0 Å². The van der Waals surface area contributed by atoms with Crippen LogP contribution in [0.25, 0.3) is 0 Å². The van der Waals surface area contributed by atoms with Crippen LogP contribution < -0.4 is 0 Å². The second-order valence-corrected chi connectivity index (χ2v) is 1.12. The zero-order chi connectivity index (χ0) is 4.50. The summed E-state index contributed by atoms with van der Waals surface area (Å²) in [6, 6.07) is 0. The van der Waals surface area contributed by atoms with Crippen LogP contribution in [0.2, 0.25) is 0 Å². The summed E-state index contributed by atoms with van der Waals surface area (Å²) in [5.74, 6) is 0. The third kappa shape index (κ3) is 453. The number of halogens is 4. The molecule has 0 aromatic heterocycles. The average Bonchev–Trinajstić information content (AvgIpc) is 0.722. The van der Waals surface area contributed by atoms with Crippen LogP contribution in [0.5, 0.6) is 0 Å². The zero-order valence-corrected chi connectivity index (χ0v) is 2.82. The van der Waals surface area contributed by atoms with Crippen molar-refractivity contribution in [3.8, 4) is 0 Å². The molecule has 0 saturated carbocycles. The van der Waals surface area contributed by atoms with Crippen molar-refractivity contribution in [2.24, 2.45) is 0 Å². The summed E-state index contributed by atoms with van der Waals surface area (Å²) in [4.78, 5) is 0. The number of rotatable bonds is 0. The van der Waals surface area contributed by atoms with Gasteiger partial charge in [-0.2, -0.15) is 0 Å². The molecule has 0 nitrogen and oxygen atoms in total. The van der Waals surface area contributed by atoms with E-state index >= 15 is 0 Å². The Morgan fingerprint density at radius 2 is 0.800 bits per heavy atom. The number of hydrogen-bond acceptors (Lipinski definition) is 0. The Morgan fingerprint density at radius 1 is 0.800 bits per heavy atom. The van der Waals surface area contributed by atoms with Gasteiger partial charge in [-0.05, 0) is 0 Å². The van der Waals surface area contributed by atoms with Gasteiger partial charge in [0.25, 0.3) is 0 Å². The molecule has 0 amide bonds. The van der Waals surface area contributed by atoms with E-state index in [1.165, 1.54) is 0 Å². The summed E-state index contributed by atoms with van der Waals surface area (Å²) >= 11 is -6.25. The maximum atomic E-state index is 9.78. The van der Waals surface area contributed by atoms with Gasteiger partial charge in [0, 0.05) is 0 Å². The van der Waals surface area contributed by atoms with Gasteiger partial charge in [-0.25, -0.2) is 0 Å². The minimum atomic E-state index is -6.25. The van der Waals surface area contributed by atoms with E-state index in [4.69, 9.17) is 0 Å². The van der Waals surface area contributed by atoms with Crippen molar-refractivity contribution >= 4 is 0 Å². The fraction of sp³-hybridized carbons (Fsp3) is 0. The van der Waals surface area contributed by atoms with Gasteiger partial charge in [0.1, 0.15) is 0 Å². The van der Waals surface area contributed by atoms with Crippen molar-refractivity contribution in [3.05, 3.63) is 0 Å². The van der Waals surface area contributed by atoms with Gasteiger partial charge in [-0.15, -0.1) is 0 Å². The van der Waals surface area contributed by atoms with Gasteiger partial charge in [0.15, 0.2) is 0 Å². The van der Waals surface area contributed by atoms with Gasteiger partial charge in [-0.1, -0.05) is 0 Å². The van der Waals surface area contributed by atoms with E-state index in [2.05, 4.69) is 0 Å². The molecule has 5 heteroatoms. The van der Waals surface area contributed by atoms with Crippen LogP contribution in [0.3, 0.4) is 0 Å². The topological polar surface area (TPSA) is 0 Å². The maximum absolute atomic E-state index is 9.78. The van der Waals surface area contributed by atoms with Crippen molar-refractivity contribution < 1.29 is 28.6 Å². The fourth-order valence-electron chi connectivity index (χ4n) is 0. The second-order valence-electron chi connectivity index (χ2n) is 0.271. The van der Waals surface area contributed by atoms with Gasteiger partial charge in [-0.3, -0.25) is 0 Å². The predicted octanol–water partition coefficient (Wildman–Crippen LogP) is 1.68. The third-order valence-electron chi connectivity index (χ3n) is 0. The van der Waals surface area contributed by atoms with Crippen LogP contribution in [-0.4, -0.2) is 0 Å². The summed E-state index contributed by atoms with van der Waals surface area (Å²) in [6.07, 6.45) is 0. The molecule has 0 aromatic carbocycles. The Kier molecular flexibility index (Phi) is 1.18. The molecule has 0 spiro atoms. The molecule has 5 heavy (non-hydrogen) atoms. The molecule has 0 N–H and O–H groups in total. The second kappa shape index (κ2) is 1.13. The Hall–Kier alpha value is 0.214. The van der Waals surface area contributed by atoms with Gasteiger partial charge in [0.05, 0.1) is 0 Å². The molecular formula is F4Ni-2. The van der Waals surface area contributed by atoms with Crippen LogP contribution >= 0.6 is 0 Å². The molecule has 0 aliphatic heterocycles. The van der Waals surface area contributed by atoms with Gasteiger partial charge < -0.3 is 0 Å². The summed E-state index contributed by atoms with van der Waals surface area (Å²) in [5.41, 5.74) is 0. The molecule has 0 aliphatic rings. The van der Waals surface area contributed by atoms with Crippen LogP contribution in [-0.2, 0) is 14.2 Å². The fourth-order valence-corrected chi connectivity index (χ4v) is 0. The first-order valence-corrected chi connectivity index (χ1v) is 1.97. The first-order chi connectivity index (χ1) is 2.00. The summed E-state index contributed by atoms with van der Waals surface area (Å²) in [7, 11) is 0. The molecule has 0 heterocycles. The first-order valence-electron chi connectivity index (χ1n) is 0.478. The Bertz CT molecular complexity index is 19.1. The van der Waals surface area contributed by atoms with Crippen molar-refractivity contribution in [3.63, 3.8) is 0 Å². The molecule has 0 rings (SSSR count). The Balaban J connectivity index is 3.02. The monoisotopic (exact) mass is 134 g/mol. The molecule has 0 fully saturated rings. The normalized spacial score (nSPS) is 15.2. The molecule has 0 atom stereocenters. The van der Waals surface area contributed by atoms with E-state index in [1.807, 2.05) is 0 Å². The SMILES string of the molecule is [F][Ni-2]([F])([F])[F]. The predicted molar refractivity (Wildman–Crippen MR) is 4.43 cm³/mol. The molecule has 0 radical (unpaired) electrons. The van der Waals surface area contributed by atoms with E-state index in [-0.39, 0.29) is 0 Å². The van der Waals surface area contributed by atoms with Crippen LogP contribution in [0, 0.1) is 0 Å². The van der Waals surface area contributed by atoms with Gasteiger partial charge >= 0.3 is 28.6 Å². The van der Waals surface area contributed by atoms with Crippen LogP contribution in [0.15, 0.2) is 0 Å². The summed E-state index contributed by atoms with van der Waals surface area (Å²) in [5, 5.41) is 0. The molecule has 40 valence electrons. The molecule has 0 aromatic rings. The number of hydrogen-bond donors (Lipinski definition) is 0. The van der Waals surface area contributed by atoms with Gasteiger partial charge in [0.2, 0.25) is 0 Å².